The maximum atomic E-state index is 11.1. The van der Waals surface area contributed by atoms with E-state index in [0.717, 1.165) is 10.5 Å². The monoisotopic (exact) mass is 253 g/mol. The van der Waals surface area contributed by atoms with Crippen molar-refractivity contribution in [3.05, 3.63) is 23.8 Å². The molecule has 1 aromatic rings. The molecule has 100 valence electrons. The zero-order valence-electron chi connectivity index (χ0n) is 11.3. The van der Waals surface area contributed by atoms with E-state index in [4.69, 9.17) is 15.2 Å². The number of likely N-dealkylation sites (N-methyl/N-ethyl adjacent to an activating group) is 1. The average molecular weight is 253 g/mol. The van der Waals surface area contributed by atoms with Gasteiger partial charge < -0.3 is 20.1 Å². The number of benzene rings is 1. The highest BCUT2D eigenvalue weighted by molar-refractivity contribution is 5.77. The first-order valence-corrected chi connectivity index (χ1v) is 5.82. The Bertz CT molecular complexity index is 421. The number of primary amides is 1. The van der Waals surface area contributed by atoms with Crippen molar-refractivity contribution < 1.29 is 19.2 Å². The van der Waals surface area contributed by atoms with Gasteiger partial charge in [-0.05, 0) is 25.1 Å². The van der Waals surface area contributed by atoms with Crippen molar-refractivity contribution in [2.75, 3.05) is 21.3 Å². The molecule has 0 bridgehead atoms. The van der Waals surface area contributed by atoms with Gasteiger partial charge in [0.15, 0.2) is 17.5 Å². The van der Waals surface area contributed by atoms with E-state index in [1.54, 1.807) is 14.2 Å². The molecule has 0 saturated carbocycles. The van der Waals surface area contributed by atoms with Crippen LogP contribution in [0.2, 0.25) is 0 Å². The number of hydrogen-bond donors (Lipinski definition) is 2. The second-order valence-corrected chi connectivity index (χ2v) is 4.34. The Hall–Kier alpha value is -1.75. The molecule has 18 heavy (non-hydrogen) atoms. The number of methoxy groups -OCH3 is 2. The fourth-order valence-electron chi connectivity index (χ4n) is 1.71. The second-order valence-electron chi connectivity index (χ2n) is 4.34. The van der Waals surface area contributed by atoms with Crippen LogP contribution in [0.5, 0.6) is 11.5 Å². The summed E-state index contributed by atoms with van der Waals surface area (Å²) in [7, 11) is 5.14. The zero-order valence-corrected chi connectivity index (χ0v) is 11.3. The third kappa shape index (κ3) is 3.37. The molecule has 0 fully saturated rings. The molecule has 0 aliphatic rings. The summed E-state index contributed by atoms with van der Waals surface area (Å²) < 4.78 is 10.4. The van der Waals surface area contributed by atoms with Crippen LogP contribution in [-0.2, 0) is 11.3 Å². The van der Waals surface area contributed by atoms with Crippen molar-refractivity contribution in [1.82, 2.24) is 0 Å². The number of amides is 1. The Kier molecular flexibility index (Phi) is 4.97. The molecular formula is C13H21N2O3+. The van der Waals surface area contributed by atoms with Crippen LogP contribution in [0, 0.1) is 0 Å². The van der Waals surface area contributed by atoms with Gasteiger partial charge in [-0.25, -0.2) is 0 Å². The van der Waals surface area contributed by atoms with Gasteiger partial charge in [0.2, 0.25) is 0 Å². The van der Waals surface area contributed by atoms with Crippen LogP contribution in [0.4, 0.5) is 0 Å². The van der Waals surface area contributed by atoms with E-state index in [1.807, 2.05) is 32.2 Å². The summed E-state index contributed by atoms with van der Waals surface area (Å²) in [6.07, 6.45) is 0. The number of quaternary nitrogens is 1. The molecule has 1 amide bonds. The first-order valence-electron chi connectivity index (χ1n) is 5.82. The molecule has 5 heteroatoms. The summed E-state index contributed by atoms with van der Waals surface area (Å²) in [4.78, 5) is 12.1. The molecule has 1 unspecified atom stereocenters. The highest BCUT2D eigenvalue weighted by Gasteiger charge is 2.19. The molecule has 2 atom stereocenters. The second kappa shape index (κ2) is 6.26. The molecule has 1 rings (SSSR count). The Morgan fingerprint density at radius 1 is 1.33 bits per heavy atom. The van der Waals surface area contributed by atoms with Gasteiger partial charge in [0.25, 0.3) is 5.91 Å². The SMILES string of the molecule is COc1ccc(C[NH+](C)[C@H](C)C(N)=O)cc1OC. The highest BCUT2D eigenvalue weighted by Crippen LogP contribution is 2.27. The number of carbonyl (C=O) groups is 1. The van der Waals surface area contributed by atoms with Gasteiger partial charge in [-0.1, -0.05) is 0 Å². The third-order valence-corrected chi connectivity index (χ3v) is 3.10. The number of nitrogens with two attached hydrogens (primary N) is 1. The lowest BCUT2D eigenvalue weighted by Gasteiger charge is -2.19. The number of rotatable bonds is 6. The van der Waals surface area contributed by atoms with Crippen LogP contribution >= 0.6 is 0 Å². The first-order chi connectivity index (χ1) is 8.49. The molecule has 1 aromatic carbocycles. The summed E-state index contributed by atoms with van der Waals surface area (Å²) >= 11 is 0. The number of ether oxygens (including phenoxy) is 2. The van der Waals surface area contributed by atoms with Gasteiger partial charge in [-0.3, -0.25) is 4.79 Å². The summed E-state index contributed by atoms with van der Waals surface area (Å²) in [5, 5.41) is 0. The molecule has 3 N–H and O–H groups in total. The maximum Gasteiger partial charge on any atom is 0.275 e. The van der Waals surface area contributed by atoms with Crippen molar-refractivity contribution >= 4 is 5.91 Å². The van der Waals surface area contributed by atoms with Crippen molar-refractivity contribution in [2.24, 2.45) is 5.73 Å². The quantitative estimate of drug-likeness (QED) is 0.724. The Balaban J connectivity index is 2.82. The largest absolute Gasteiger partial charge is 0.493 e. The summed E-state index contributed by atoms with van der Waals surface area (Å²) in [6, 6.07) is 5.50. The summed E-state index contributed by atoms with van der Waals surface area (Å²) in [5.74, 6) is 1.09. The average Bonchev–Trinajstić information content (AvgIpc) is 2.37. The van der Waals surface area contributed by atoms with E-state index in [1.165, 1.54) is 0 Å². The van der Waals surface area contributed by atoms with Crippen LogP contribution in [-0.4, -0.2) is 33.2 Å². The molecule has 0 heterocycles. The standard InChI is InChI=1S/C13H20N2O3/c1-9(13(14)16)15(2)8-10-5-6-11(17-3)12(7-10)18-4/h5-7,9H,8H2,1-4H3,(H2,14,16)/p+1/t9-/m1/s1. The molecule has 0 spiro atoms. The Morgan fingerprint density at radius 3 is 2.44 bits per heavy atom. The predicted molar refractivity (Wildman–Crippen MR) is 68.8 cm³/mol. The smallest absolute Gasteiger partial charge is 0.275 e. The van der Waals surface area contributed by atoms with Crippen molar-refractivity contribution in [1.29, 1.82) is 0 Å². The summed E-state index contributed by atoms with van der Waals surface area (Å²) in [6.45, 7) is 2.52. The minimum absolute atomic E-state index is 0.224. The number of carbonyl (C=O) groups excluding carboxylic acids is 1. The van der Waals surface area contributed by atoms with Gasteiger partial charge in [-0.2, -0.15) is 0 Å². The fourth-order valence-corrected chi connectivity index (χ4v) is 1.71. The molecule has 0 aromatic heterocycles. The molecule has 5 nitrogen and oxygen atoms in total. The topological polar surface area (TPSA) is 66.0 Å². The van der Waals surface area contributed by atoms with E-state index < -0.39 is 0 Å². The Morgan fingerprint density at radius 2 is 1.94 bits per heavy atom. The maximum absolute atomic E-state index is 11.1. The molecule has 0 saturated heterocycles. The molecule has 0 aliphatic carbocycles. The van der Waals surface area contributed by atoms with Gasteiger partial charge in [0, 0.05) is 5.56 Å². The van der Waals surface area contributed by atoms with Crippen LogP contribution in [0.3, 0.4) is 0 Å². The minimum atomic E-state index is -0.298. The lowest BCUT2D eigenvalue weighted by atomic mass is 10.1. The van der Waals surface area contributed by atoms with E-state index in [0.29, 0.717) is 18.0 Å². The first kappa shape index (κ1) is 14.3. The lowest BCUT2D eigenvalue weighted by Crippen LogP contribution is -3.12. The van der Waals surface area contributed by atoms with E-state index >= 15 is 0 Å². The molecular weight excluding hydrogens is 232 g/mol. The molecule has 0 radical (unpaired) electrons. The highest BCUT2D eigenvalue weighted by atomic mass is 16.5. The van der Waals surface area contributed by atoms with E-state index in [2.05, 4.69) is 0 Å². The normalized spacial score (nSPS) is 13.8. The minimum Gasteiger partial charge on any atom is -0.493 e. The predicted octanol–water partition coefficient (Wildman–Crippen LogP) is -0.408. The van der Waals surface area contributed by atoms with Gasteiger partial charge >= 0.3 is 0 Å². The van der Waals surface area contributed by atoms with Crippen molar-refractivity contribution in [3.63, 3.8) is 0 Å². The van der Waals surface area contributed by atoms with Crippen LogP contribution in [0.25, 0.3) is 0 Å². The van der Waals surface area contributed by atoms with Crippen LogP contribution < -0.4 is 20.1 Å². The van der Waals surface area contributed by atoms with E-state index in [9.17, 15) is 4.79 Å². The summed E-state index contributed by atoms with van der Waals surface area (Å²) in [5.41, 5.74) is 6.36. The van der Waals surface area contributed by atoms with Crippen LogP contribution in [0.1, 0.15) is 12.5 Å². The van der Waals surface area contributed by atoms with Gasteiger partial charge in [-0.15, -0.1) is 0 Å². The van der Waals surface area contributed by atoms with Gasteiger partial charge in [0.05, 0.1) is 21.3 Å². The molecule has 0 aliphatic heterocycles. The fraction of sp³-hybridized carbons (Fsp3) is 0.462. The number of hydrogen-bond acceptors (Lipinski definition) is 3. The van der Waals surface area contributed by atoms with Crippen LogP contribution in [0.15, 0.2) is 18.2 Å². The van der Waals surface area contributed by atoms with Crippen molar-refractivity contribution in [2.45, 2.75) is 19.5 Å². The Labute approximate surface area is 107 Å². The lowest BCUT2D eigenvalue weighted by molar-refractivity contribution is -0.908. The third-order valence-electron chi connectivity index (χ3n) is 3.10. The van der Waals surface area contributed by atoms with Crippen molar-refractivity contribution in [3.8, 4) is 11.5 Å². The zero-order chi connectivity index (χ0) is 13.7. The number of nitrogens with one attached hydrogen (secondary N) is 1. The van der Waals surface area contributed by atoms with E-state index in [-0.39, 0.29) is 11.9 Å². The van der Waals surface area contributed by atoms with Gasteiger partial charge in [0.1, 0.15) is 6.54 Å².